The molecule has 0 saturated carbocycles. The highest BCUT2D eigenvalue weighted by Gasteiger charge is 2.30. The van der Waals surface area contributed by atoms with Crippen LogP contribution in [0.4, 0.5) is 5.69 Å². The number of carbonyl (C=O) groups excluding carboxylic acids is 4. The van der Waals surface area contributed by atoms with Crippen LogP contribution >= 0.6 is 0 Å². The van der Waals surface area contributed by atoms with E-state index in [1.807, 2.05) is 4.90 Å². The highest BCUT2D eigenvalue weighted by Crippen LogP contribution is 2.18. The lowest BCUT2D eigenvalue weighted by Crippen LogP contribution is -2.52. The summed E-state index contributed by atoms with van der Waals surface area (Å²) in [6, 6.07) is 4.22. The summed E-state index contributed by atoms with van der Waals surface area (Å²) in [4.78, 5) is 52.4. The Hall–Kier alpha value is -2.98. The van der Waals surface area contributed by atoms with Gasteiger partial charge < -0.3 is 24.4 Å². The van der Waals surface area contributed by atoms with Crippen molar-refractivity contribution < 1.29 is 33.4 Å². The summed E-state index contributed by atoms with van der Waals surface area (Å²) in [5.41, 5.74) is 0.546. The first-order valence-corrected chi connectivity index (χ1v) is 10.2. The zero-order valence-electron chi connectivity index (χ0n) is 17.7. The molecule has 0 spiro atoms. The number of ether oxygens (including phenoxy) is 3. The van der Waals surface area contributed by atoms with Gasteiger partial charge in [0, 0.05) is 38.5 Å². The molecule has 10 nitrogen and oxygen atoms in total. The van der Waals surface area contributed by atoms with E-state index >= 15 is 0 Å². The maximum absolute atomic E-state index is 12.5. The third kappa shape index (κ3) is 5.80. The maximum Gasteiger partial charge on any atom is 0.337 e. The first-order chi connectivity index (χ1) is 14.9. The van der Waals surface area contributed by atoms with E-state index in [0.717, 1.165) is 12.8 Å². The number of nitrogens with one attached hydrogen (secondary N) is 1. The van der Waals surface area contributed by atoms with Gasteiger partial charge >= 0.3 is 11.9 Å². The number of piperazine rings is 1. The molecule has 2 amide bonds. The predicted octanol–water partition coefficient (Wildman–Crippen LogP) is 0.522. The first-order valence-electron chi connectivity index (χ1n) is 10.2. The van der Waals surface area contributed by atoms with Crippen LogP contribution in [0.5, 0.6) is 0 Å². The molecule has 1 aromatic rings. The number of carbonyl (C=O) groups is 4. The van der Waals surface area contributed by atoms with E-state index in [4.69, 9.17) is 14.2 Å². The van der Waals surface area contributed by atoms with Crippen molar-refractivity contribution in [3.8, 4) is 0 Å². The van der Waals surface area contributed by atoms with Crippen LogP contribution in [0.2, 0.25) is 0 Å². The van der Waals surface area contributed by atoms with Gasteiger partial charge in [0.25, 0.3) is 5.91 Å². The summed E-state index contributed by atoms with van der Waals surface area (Å²) in [5.74, 6) is -1.53. The average molecular weight is 433 g/mol. The van der Waals surface area contributed by atoms with Crippen LogP contribution in [0.25, 0.3) is 0 Å². The Kier molecular flexibility index (Phi) is 7.59. The van der Waals surface area contributed by atoms with E-state index in [0.29, 0.717) is 38.5 Å². The van der Waals surface area contributed by atoms with Crippen LogP contribution in [-0.4, -0.2) is 93.2 Å². The molecule has 2 fully saturated rings. The van der Waals surface area contributed by atoms with E-state index in [1.54, 1.807) is 4.90 Å². The molecule has 1 unspecified atom stereocenters. The van der Waals surface area contributed by atoms with Crippen molar-refractivity contribution in [1.29, 1.82) is 0 Å². The van der Waals surface area contributed by atoms with Gasteiger partial charge in [0.1, 0.15) is 6.10 Å². The predicted molar refractivity (Wildman–Crippen MR) is 110 cm³/mol. The topological polar surface area (TPSA) is 114 Å². The molecule has 1 N–H and O–H groups in total. The Balaban J connectivity index is 1.56. The second kappa shape index (κ2) is 10.4. The standard InChI is InChI=1S/C21H27N3O7/c1-29-20(27)14-10-15(21(28)30-2)12-16(11-14)22-18(25)13-23-5-7-24(8-6-23)19(26)17-4-3-9-31-17/h10-12,17H,3-9,13H2,1-2H3,(H,22,25). The molecule has 0 aliphatic carbocycles. The van der Waals surface area contributed by atoms with Crippen LogP contribution < -0.4 is 5.32 Å². The van der Waals surface area contributed by atoms with Gasteiger partial charge in [-0.05, 0) is 31.0 Å². The minimum atomic E-state index is -0.631. The van der Waals surface area contributed by atoms with Crippen LogP contribution in [-0.2, 0) is 23.8 Å². The lowest BCUT2D eigenvalue weighted by Gasteiger charge is -2.35. The van der Waals surface area contributed by atoms with Crippen molar-refractivity contribution in [3.63, 3.8) is 0 Å². The van der Waals surface area contributed by atoms with Gasteiger partial charge in [-0.25, -0.2) is 9.59 Å². The minimum Gasteiger partial charge on any atom is -0.465 e. The summed E-state index contributed by atoms with van der Waals surface area (Å²) >= 11 is 0. The monoisotopic (exact) mass is 433 g/mol. The van der Waals surface area contributed by atoms with Crippen molar-refractivity contribution in [2.45, 2.75) is 18.9 Å². The maximum atomic E-state index is 12.5. The van der Waals surface area contributed by atoms with E-state index in [1.165, 1.54) is 32.4 Å². The van der Waals surface area contributed by atoms with Gasteiger partial charge in [-0.1, -0.05) is 0 Å². The molecule has 0 radical (unpaired) electrons. The van der Waals surface area contributed by atoms with Crippen LogP contribution in [0.1, 0.15) is 33.6 Å². The molecule has 2 heterocycles. The first kappa shape index (κ1) is 22.7. The van der Waals surface area contributed by atoms with Crippen LogP contribution in [0, 0.1) is 0 Å². The largest absolute Gasteiger partial charge is 0.465 e. The normalized spacial score (nSPS) is 19.0. The van der Waals surface area contributed by atoms with Gasteiger partial charge in [-0.3, -0.25) is 14.5 Å². The van der Waals surface area contributed by atoms with Crippen LogP contribution in [0.3, 0.4) is 0 Å². The number of hydrogen-bond donors (Lipinski definition) is 1. The van der Waals surface area contributed by atoms with E-state index in [-0.39, 0.29) is 35.6 Å². The molecular formula is C21H27N3O7. The molecule has 1 atom stereocenters. The highest BCUT2D eigenvalue weighted by atomic mass is 16.5. The van der Waals surface area contributed by atoms with Crippen molar-refractivity contribution in [3.05, 3.63) is 29.3 Å². The summed E-state index contributed by atoms with van der Waals surface area (Å²) < 4.78 is 14.9. The molecular weight excluding hydrogens is 406 g/mol. The van der Waals surface area contributed by atoms with Crippen molar-refractivity contribution in [2.24, 2.45) is 0 Å². The fourth-order valence-electron chi connectivity index (χ4n) is 3.68. The summed E-state index contributed by atoms with van der Waals surface area (Å²) in [6.07, 6.45) is 1.34. The smallest absolute Gasteiger partial charge is 0.337 e. The Morgan fingerprint density at radius 2 is 1.61 bits per heavy atom. The molecule has 31 heavy (non-hydrogen) atoms. The lowest BCUT2D eigenvalue weighted by atomic mass is 10.1. The number of benzene rings is 1. The molecule has 168 valence electrons. The summed E-state index contributed by atoms with van der Waals surface area (Å²) in [7, 11) is 2.46. The molecule has 10 heteroatoms. The highest BCUT2D eigenvalue weighted by molar-refractivity contribution is 5.99. The molecule has 2 saturated heterocycles. The zero-order valence-corrected chi connectivity index (χ0v) is 17.7. The van der Waals surface area contributed by atoms with Gasteiger partial charge in [-0.15, -0.1) is 0 Å². The number of anilines is 1. The zero-order chi connectivity index (χ0) is 22.4. The Morgan fingerprint density at radius 1 is 1.00 bits per heavy atom. The van der Waals surface area contributed by atoms with E-state index in [2.05, 4.69) is 5.32 Å². The summed E-state index contributed by atoms with van der Waals surface area (Å²) in [6.45, 7) is 2.97. The average Bonchev–Trinajstić information content (AvgIpc) is 3.32. The lowest BCUT2D eigenvalue weighted by molar-refractivity contribution is -0.142. The Labute approximate surface area is 180 Å². The van der Waals surface area contributed by atoms with E-state index < -0.39 is 11.9 Å². The summed E-state index contributed by atoms with van der Waals surface area (Å²) in [5, 5.41) is 2.71. The molecule has 1 aromatic carbocycles. The van der Waals surface area contributed by atoms with Gasteiger partial charge in [-0.2, -0.15) is 0 Å². The molecule has 3 rings (SSSR count). The third-order valence-electron chi connectivity index (χ3n) is 5.32. The van der Waals surface area contributed by atoms with Crippen molar-refractivity contribution in [1.82, 2.24) is 9.80 Å². The minimum absolute atomic E-state index is 0.0246. The number of nitrogens with zero attached hydrogens (tertiary/aromatic N) is 2. The second-order valence-electron chi connectivity index (χ2n) is 7.43. The number of hydrogen-bond acceptors (Lipinski definition) is 8. The molecule has 0 aromatic heterocycles. The van der Waals surface area contributed by atoms with Crippen molar-refractivity contribution in [2.75, 3.05) is 58.9 Å². The van der Waals surface area contributed by atoms with Gasteiger partial charge in [0.05, 0.1) is 31.9 Å². The molecule has 2 aliphatic heterocycles. The quantitative estimate of drug-likeness (QED) is 0.646. The number of rotatable bonds is 6. The Bertz CT molecular complexity index is 809. The van der Waals surface area contributed by atoms with Crippen LogP contribution in [0.15, 0.2) is 18.2 Å². The SMILES string of the molecule is COC(=O)c1cc(NC(=O)CN2CCN(C(=O)C3CCCO3)CC2)cc(C(=O)OC)c1. The fraction of sp³-hybridized carbons (Fsp3) is 0.524. The Morgan fingerprint density at radius 3 is 2.13 bits per heavy atom. The van der Waals surface area contributed by atoms with E-state index in [9.17, 15) is 19.2 Å². The number of methoxy groups -OCH3 is 2. The molecule has 0 bridgehead atoms. The van der Waals surface area contributed by atoms with Crippen molar-refractivity contribution >= 4 is 29.4 Å². The number of amides is 2. The second-order valence-corrected chi connectivity index (χ2v) is 7.43. The van der Waals surface area contributed by atoms with Gasteiger partial charge in [0.2, 0.25) is 5.91 Å². The van der Waals surface area contributed by atoms with Gasteiger partial charge in [0.15, 0.2) is 0 Å². The molecule has 2 aliphatic rings. The fourth-order valence-corrected chi connectivity index (χ4v) is 3.68. The number of esters is 2. The third-order valence-corrected chi connectivity index (χ3v) is 5.32.